The van der Waals surface area contributed by atoms with E-state index in [9.17, 15) is 9.90 Å². The summed E-state index contributed by atoms with van der Waals surface area (Å²) in [7, 11) is 1.52. The third kappa shape index (κ3) is 4.35. The van der Waals surface area contributed by atoms with Gasteiger partial charge in [0.2, 0.25) is 0 Å². The first kappa shape index (κ1) is 24.8. The number of hydrogen-bond donors (Lipinski definition) is 1. The van der Waals surface area contributed by atoms with E-state index in [0.29, 0.717) is 27.6 Å². The average molecular weight is 450 g/mol. The van der Waals surface area contributed by atoms with Crippen molar-refractivity contribution in [1.29, 1.82) is 0 Å². The van der Waals surface area contributed by atoms with Gasteiger partial charge in [0.25, 0.3) is 10.8 Å². The number of thiazole rings is 1. The number of aryl methyl sites for hydroxylation is 2. The summed E-state index contributed by atoms with van der Waals surface area (Å²) in [6.07, 6.45) is 0. The van der Waals surface area contributed by atoms with Crippen LogP contribution in [-0.2, 0) is 39.3 Å². The predicted octanol–water partition coefficient (Wildman–Crippen LogP) is 4.64. The predicted molar refractivity (Wildman–Crippen MR) is 106 cm³/mol. The molecule has 0 atom stereocenters. The molecule has 2 aromatic heterocycles. The average Bonchev–Trinajstić information content (AvgIpc) is 3.03. The molecule has 5 nitrogen and oxygen atoms in total. The van der Waals surface area contributed by atoms with Crippen molar-refractivity contribution in [2.75, 3.05) is 7.11 Å². The van der Waals surface area contributed by atoms with Gasteiger partial charge in [0.05, 0.1) is 12.7 Å². The van der Waals surface area contributed by atoms with Crippen LogP contribution >= 0.6 is 11.3 Å². The Morgan fingerprint density at radius 3 is 2.42 bits per heavy atom. The molecule has 0 saturated carbocycles. The van der Waals surface area contributed by atoms with Crippen LogP contribution in [0.4, 0.5) is 0 Å². The van der Waals surface area contributed by atoms with Gasteiger partial charge in [-0.2, -0.15) is 4.98 Å². The summed E-state index contributed by atoms with van der Waals surface area (Å²) in [6, 6.07) is 7.52. The van der Waals surface area contributed by atoms with Gasteiger partial charge in [0.1, 0.15) is 10.4 Å². The first-order chi connectivity index (χ1) is 11.6. The molecule has 0 saturated heterocycles. The van der Waals surface area contributed by atoms with Crippen LogP contribution in [-0.4, -0.2) is 21.8 Å². The molecule has 1 radical (unpaired) electrons. The standard InChI is InChI=1S/C16H16N2O3S.C2H6.CH3.Y/c1-4-18-14-13(22-16(17-14)21-3)12(19)11(15(18)20)10-8-6-5-7-9(10)2;1-2;;/h5-8,19H,4H2,1-3H3;1-2H3;1H3;/q;;-1;. The molecular formula is C19H25N2O3SY-. The van der Waals surface area contributed by atoms with E-state index in [4.69, 9.17) is 4.74 Å². The third-order valence-corrected chi connectivity index (χ3v) is 4.67. The number of fused-ring (bicyclic) bond motifs is 1. The number of methoxy groups -OCH3 is 1. The summed E-state index contributed by atoms with van der Waals surface area (Å²) < 4.78 is 7.28. The second-order valence-electron chi connectivity index (χ2n) is 4.92. The van der Waals surface area contributed by atoms with Crippen molar-refractivity contribution >= 4 is 21.7 Å². The van der Waals surface area contributed by atoms with Gasteiger partial charge in [-0.1, -0.05) is 49.4 Å². The monoisotopic (exact) mass is 450 g/mol. The number of benzene rings is 1. The Kier molecular flexibility index (Phi) is 10.3. The topological polar surface area (TPSA) is 64.4 Å². The van der Waals surface area contributed by atoms with Crippen LogP contribution in [0.3, 0.4) is 0 Å². The minimum absolute atomic E-state index is 0. The second-order valence-corrected chi connectivity index (χ2v) is 5.89. The molecule has 26 heavy (non-hydrogen) atoms. The summed E-state index contributed by atoms with van der Waals surface area (Å²) in [5.74, 6) is -0.0280. The Morgan fingerprint density at radius 2 is 1.88 bits per heavy atom. The summed E-state index contributed by atoms with van der Waals surface area (Å²) >= 11 is 1.23. The van der Waals surface area contributed by atoms with Crippen LogP contribution in [0.15, 0.2) is 29.1 Å². The van der Waals surface area contributed by atoms with Gasteiger partial charge < -0.3 is 17.3 Å². The Morgan fingerprint density at radius 1 is 1.27 bits per heavy atom. The van der Waals surface area contributed by atoms with Crippen molar-refractivity contribution in [2.24, 2.45) is 0 Å². The Bertz CT molecular complexity index is 919. The Hall–Kier alpha value is -1.24. The van der Waals surface area contributed by atoms with E-state index < -0.39 is 0 Å². The van der Waals surface area contributed by atoms with E-state index in [-0.39, 0.29) is 51.4 Å². The van der Waals surface area contributed by atoms with E-state index >= 15 is 0 Å². The van der Waals surface area contributed by atoms with Crippen molar-refractivity contribution in [3.63, 3.8) is 0 Å². The van der Waals surface area contributed by atoms with Gasteiger partial charge >= 0.3 is 0 Å². The number of aromatic nitrogens is 2. The second kappa shape index (κ2) is 10.8. The quantitative estimate of drug-likeness (QED) is 0.591. The summed E-state index contributed by atoms with van der Waals surface area (Å²) in [5.41, 5.74) is 2.22. The molecule has 3 aromatic rings. The fraction of sp³-hybridized carbons (Fsp3) is 0.316. The molecule has 7 heteroatoms. The maximum atomic E-state index is 12.8. The maximum absolute atomic E-state index is 12.8. The largest absolute Gasteiger partial charge is 0.505 e. The third-order valence-electron chi connectivity index (χ3n) is 3.66. The number of aromatic hydroxyl groups is 1. The minimum Gasteiger partial charge on any atom is -0.505 e. The Labute approximate surface area is 183 Å². The van der Waals surface area contributed by atoms with Crippen LogP contribution in [0.1, 0.15) is 26.3 Å². The first-order valence-corrected chi connectivity index (χ1v) is 8.76. The van der Waals surface area contributed by atoms with Crippen molar-refractivity contribution in [3.8, 4) is 22.1 Å². The number of rotatable bonds is 3. The minimum atomic E-state index is -0.241. The fourth-order valence-corrected chi connectivity index (χ4v) is 3.39. The van der Waals surface area contributed by atoms with E-state index in [2.05, 4.69) is 4.98 Å². The fourth-order valence-electron chi connectivity index (χ4n) is 2.55. The molecule has 3 rings (SSSR count). The Balaban J connectivity index is 0.00000151. The van der Waals surface area contributed by atoms with E-state index in [1.165, 1.54) is 18.4 Å². The summed E-state index contributed by atoms with van der Waals surface area (Å²) in [4.78, 5) is 17.1. The van der Waals surface area contributed by atoms with Crippen molar-refractivity contribution in [1.82, 2.24) is 9.55 Å². The molecule has 0 aliphatic rings. The molecule has 2 heterocycles. The van der Waals surface area contributed by atoms with Gasteiger partial charge in [-0.25, -0.2) is 0 Å². The molecule has 0 unspecified atom stereocenters. The number of hydrogen-bond acceptors (Lipinski definition) is 5. The van der Waals surface area contributed by atoms with E-state index in [1.54, 1.807) is 4.57 Å². The summed E-state index contributed by atoms with van der Waals surface area (Å²) in [5, 5.41) is 11.1. The molecule has 0 fully saturated rings. The smallest absolute Gasteiger partial charge is 0.275 e. The van der Waals surface area contributed by atoms with Crippen molar-refractivity contribution in [2.45, 2.75) is 34.2 Å². The van der Waals surface area contributed by atoms with Crippen molar-refractivity contribution < 1.29 is 42.6 Å². The van der Waals surface area contributed by atoms with Gasteiger partial charge in [0, 0.05) is 39.3 Å². The van der Waals surface area contributed by atoms with Crippen LogP contribution < -0.4 is 10.3 Å². The van der Waals surface area contributed by atoms with Crippen LogP contribution in [0, 0.1) is 14.4 Å². The van der Waals surface area contributed by atoms with Crippen LogP contribution in [0.5, 0.6) is 10.9 Å². The molecule has 0 aliphatic heterocycles. The van der Waals surface area contributed by atoms with E-state index in [0.717, 1.165) is 11.1 Å². The molecular weight excluding hydrogens is 425 g/mol. The zero-order valence-electron chi connectivity index (χ0n) is 16.2. The first-order valence-electron chi connectivity index (χ1n) is 7.94. The van der Waals surface area contributed by atoms with Crippen molar-refractivity contribution in [3.05, 3.63) is 47.6 Å². The molecule has 0 aliphatic carbocycles. The van der Waals surface area contributed by atoms with Gasteiger partial charge in [-0.15, -0.1) is 0 Å². The molecule has 1 N–H and O–H groups in total. The number of ether oxygens (including phenoxy) is 1. The van der Waals surface area contributed by atoms with Gasteiger partial charge in [-0.3, -0.25) is 9.36 Å². The number of pyridine rings is 1. The molecule has 0 spiro atoms. The van der Waals surface area contributed by atoms with Gasteiger partial charge in [0.15, 0.2) is 5.65 Å². The normalized spacial score (nSPS) is 9.58. The molecule has 0 bridgehead atoms. The van der Waals surface area contributed by atoms with Crippen LogP contribution in [0.25, 0.3) is 21.5 Å². The van der Waals surface area contributed by atoms with Gasteiger partial charge in [-0.05, 0) is 25.0 Å². The number of nitrogens with zero attached hydrogens (tertiary/aromatic N) is 2. The zero-order chi connectivity index (χ0) is 17.9. The summed E-state index contributed by atoms with van der Waals surface area (Å²) in [6.45, 7) is 8.27. The SMILES string of the molecule is CC.CCn1c(=O)c(-c2ccccc2C)c(O)c2sc(OC)nc21.[CH3-].[Y]. The molecule has 139 valence electrons. The molecule has 0 amide bonds. The van der Waals surface area contributed by atoms with Crippen LogP contribution in [0.2, 0.25) is 0 Å². The van der Waals surface area contributed by atoms with E-state index in [1.807, 2.05) is 52.0 Å². The molecule has 1 aromatic carbocycles. The maximum Gasteiger partial charge on any atom is 0.275 e. The zero-order valence-corrected chi connectivity index (χ0v) is 19.8.